The molecule has 2 rings (SSSR count). The first-order valence-electron chi connectivity index (χ1n) is 8.05. The van der Waals surface area contributed by atoms with E-state index in [0.717, 1.165) is 22.6 Å². The number of methoxy groups -OCH3 is 1. The predicted molar refractivity (Wildman–Crippen MR) is 92.8 cm³/mol. The van der Waals surface area contributed by atoms with Gasteiger partial charge in [-0.2, -0.15) is 5.10 Å². The maximum Gasteiger partial charge on any atom is 0.326 e. The number of benzene rings is 1. The first kappa shape index (κ1) is 18.7. The van der Waals surface area contributed by atoms with Gasteiger partial charge in [0.05, 0.1) is 17.8 Å². The molecule has 0 aliphatic rings. The second-order valence-corrected chi connectivity index (χ2v) is 5.81. The van der Waals surface area contributed by atoms with Crippen molar-refractivity contribution in [2.45, 2.75) is 32.7 Å². The smallest absolute Gasteiger partial charge is 0.326 e. The van der Waals surface area contributed by atoms with E-state index in [-0.39, 0.29) is 25.4 Å². The highest BCUT2D eigenvalue weighted by molar-refractivity contribution is 5.85. The summed E-state index contributed by atoms with van der Waals surface area (Å²) in [7, 11) is 1.49. The number of rotatable bonds is 8. The van der Waals surface area contributed by atoms with Gasteiger partial charge in [-0.05, 0) is 26.0 Å². The highest BCUT2D eigenvalue weighted by Gasteiger charge is 2.22. The molecule has 134 valence electrons. The zero-order chi connectivity index (χ0) is 18.4. The molecule has 0 radical (unpaired) electrons. The van der Waals surface area contributed by atoms with Crippen LogP contribution in [0.1, 0.15) is 23.4 Å². The van der Waals surface area contributed by atoms with Crippen LogP contribution in [-0.4, -0.2) is 46.5 Å². The monoisotopic (exact) mass is 345 g/mol. The summed E-state index contributed by atoms with van der Waals surface area (Å²) in [6, 6.07) is 8.69. The Morgan fingerprint density at radius 2 is 1.96 bits per heavy atom. The van der Waals surface area contributed by atoms with Crippen molar-refractivity contribution in [1.29, 1.82) is 0 Å². The highest BCUT2D eigenvalue weighted by atomic mass is 16.5. The molecule has 1 atom stereocenters. The molecular formula is C18H23N3O4. The molecule has 0 saturated carbocycles. The van der Waals surface area contributed by atoms with Crippen LogP contribution in [-0.2, 0) is 20.7 Å². The number of aliphatic carboxylic acids is 1. The van der Waals surface area contributed by atoms with Gasteiger partial charge in [0.25, 0.3) is 0 Å². The Kier molecular flexibility index (Phi) is 6.30. The number of carbonyl (C=O) groups excluding carboxylic acids is 1. The van der Waals surface area contributed by atoms with E-state index in [1.165, 1.54) is 7.11 Å². The van der Waals surface area contributed by atoms with Crippen LogP contribution in [0.25, 0.3) is 5.69 Å². The van der Waals surface area contributed by atoms with Crippen molar-refractivity contribution in [2.24, 2.45) is 0 Å². The van der Waals surface area contributed by atoms with Gasteiger partial charge >= 0.3 is 5.97 Å². The van der Waals surface area contributed by atoms with Gasteiger partial charge < -0.3 is 15.2 Å². The van der Waals surface area contributed by atoms with Gasteiger partial charge in [-0.25, -0.2) is 9.48 Å². The molecule has 0 bridgehead atoms. The maximum absolute atomic E-state index is 12.3. The largest absolute Gasteiger partial charge is 0.480 e. The lowest BCUT2D eigenvalue weighted by Gasteiger charge is -2.14. The number of ether oxygens (including phenoxy) is 1. The van der Waals surface area contributed by atoms with Crippen molar-refractivity contribution >= 4 is 11.9 Å². The number of nitrogens with zero attached hydrogens (tertiary/aromatic N) is 2. The topological polar surface area (TPSA) is 93.5 Å². The van der Waals surface area contributed by atoms with Gasteiger partial charge in [0.2, 0.25) is 5.91 Å². The number of aromatic nitrogens is 2. The maximum atomic E-state index is 12.3. The van der Waals surface area contributed by atoms with Crippen LogP contribution in [0.2, 0.25) is 0 Å². The molecule has 7 nitrogen and oxygen atoms in total. The molecule has 25 heavy (non-hydrogen) atoms. The number of hydrogen-bond acceptors (Lipinski definition) is 4. The molecule has 0 fully saturated rings. The summed E-state index contributed by atoms with van der Waals surface area (Å²) in [4.78, 5) is 23.5. The minimum atomic E-state index is -1.07. The van der Waals surface area contributed by atoms with E-state index >= 15 is 0 Å². The number of hydrogen-bond donors (Lipinski definition) is 2. The standard InChI is InChI=1S/C18H23N3O4/c1-12-15(11-17(22)19-16(18(23)24)9-10-25-3)13(2)21(20-12)14-7-5-4-6-8-14/h4-8,16H,9-11H2,1-3H3,(H,19,22)(H,23,24). The molecule has 2 aromatic rings. The number of amides is 1. The molecule has 1 unspecified atom stereocenters. The summed E-state index contributed by atoms with van der Waals surface area (Å²) >= 11 is 0. The zero-order valence-electron chi connectivity index (χ0n) is 14.7. The molecule has 2 N–H and O–H groups in total. The fourth-order valence-electron chi connectivity index (χ4n) is 2.65. The minimum absolute atomic E-state index is 0.0846. The van der Waals surface area contributed by atoms with Crippen molar-refractivity contribution in [3.05, 3.63) is 47.3 Å². The fraction of sp³-hybridized carbons (Fsp3) is 0.389. The van der Waals surface area contributed by atoms with Crippen molar-refractivity contribution < 1.29 is 19.4 Å². The van der Waals surface area contributed by atoms with E-state index in [2.05, 4.69) is 10.4 Å². The van der Waals surface area contributed by atoms with Crippen LogP contribution < -0.4 is 5.32 Å². The van der Waals surface area contributed by atoms with E-state index in [4.69, 9.17) is 4.74 Å². The zero-order valence-corrected chi connectivity index (χ0v) is 14.7. The van der Waals surface area contributed by atoms with Crippen molar-refractivity contribution in [3.63, 3.8) is 0 Å². The lowest BCUT2D eigenvalue weighted by Crippen LogP contribution is -2.42. The third-order valence-electron chi connectivity index (χ3n) is 4.02. The van der Waals surface area contributed by atoms with Crippen LogP contribution in [0.15, 0.2) is 30.3 Å². The summed E-state index contributed by atoms with van der Waals surface area (Å²) < 4.78 is 6.67. The van der Waals surface area contributed by atoms with E-state index in [1.54, 1.807) is 4.68 Å². The second kappa shape index (κ2) is 8.43. The fourth-order valence-corrected chi connectivity index (χ4v) is 2.65. The normalized spacial score (nSPS) is 12.0. The Bertz CT molecular complexity index is 740. The number of carboxylic acid groups (broad SMARTS) is 1. The Morgan fingerprint density at radius 1 is 1.28 bits per heavy atom. The third kappa shape index (κ3) is 4.67. The summed E-state index contributed by atoms with van der Waals surface area (Å²) in [5.41, 5.74) is 3.33. The van der Waals surface area contributed by atoms with E-state index in [9.17, 15) is 14.7 Å². The molecule has 1 heterocycles. The number of aryl methyl sites for hydroxylation is 1. The first-order chi connectivity index (χ1) is 11.9. The van der Waals surface area contributed by atoms with Crippen LogP contribution >= 0.6 is 0 Å². The Balaban J connectivity index is 2.13. The summed E-state index contributed by atoms with van der Waals surface area (Å²) in [5.74, 6) is -1.42. The number of para-hydroxylation sites is 1. The van der Waals surface area contributed by atoms with Crippen molar-refractivity contribution in [1.82, 2.24) is 15.1 Å². The number of carboxylic acids is 1. The van der Waals surface area contributed by atoms with Gasteiger partial charge in [-0.3, -0.25) is 4.79 Å². The predicted octanol–water partition coefficient (Wildman–Crippen LogP) is 1.64. The Labute approximate surface area is 146 Å². The quantitative estimate of drug-likeness (QED) is 0.758. The summed E-state index contributed by atoms with van der Waals surface area (Å²) in [6.07, 6.45) is 0.306. The molecule has 1 aromatic carbocycles. The molecular weight excluding hydrogens is 322 g/mol. The lowest BCUT2D eigenvalue weighted by atomic mass is 10.1. The van der Waals surface area contributed by atoms with Crippen LogP contribution in [0.3, 0.4) is 0 Å². The molecule has 1 aromatic heterocycles. The SMILES string of the molecule is COCCC(NC(=O)Cc1c(C)nn(-c2ccccc2)c1C)C(=O)O. The Morgan fingerprint density at radius 3 is 2.56 bits per heavy atom. The first-order valence-corrected chi connectivity index (χ1v) is 8.05. The Hall–Kier alpha value is -2.67. The average molecular weight is 345 g/mol. The van der Waals surface area contributed by atoms with Crippen molar-refractivity contribution in [3.8, 4) is 5.69 Å². The second-order valence-electron chi connectivity index (χ2n) is 5.81. The van der Waals surface area contributed by atoms with E-state index in [0.29, 0.717) is 0 Å². The molecule has 0 spiro atoms. The average Bonchev–Trinajstić information content (AvgIpc) is 2.87. The van der Waals surface area contributed by atoms with Crippen LogP contribution in [0.5, 0.6) is 0 Å². The molecule has 0 aliphatic carbocycles. The van der Waals surface area contributed by atoms with Crippen molar-refractivity contribution in [2.75, 3.05) is 13.7 Å². The van der Waals surface area contributed by atoms with Gasteiger partial charge in [0.1, 0.15) is 6.04 Å². The third-order valence-corrected chi connectivity index (χ3v) is 4.02. The summed E-state index contributed by atoms with van der Waals surface area (Å²) in [5, 5.41) is 16.2. The lowest BCUT2D eigenvalue weighted by molar-refractivity contribution is -0.142. The molecule has 0 aliphatic heterocycles. The molecule has 0 saturated heterocycles. The number of nitrogens with one attached hydrogen (secondary N) is 1. The van der Waals surface area contributed by atoms with Crippen LogP contribution in [0.4, 0.5) is 0 Å². The van der Waals surface area contributed by atoms with Gasteiger partial charge in [0, 0.05) is 31.4 Å². The minimum Gasteiger partial charge on any atom is -0.480 e. The molecule has 1 amide bonds. The highest BCUT2D eigenvalue weighted by Crippen LogP contribution is 2.18. The van der Waals surface area contributed by atoms with Gasteiger partial charge in [-0.15, -0.1) is 0 Å². The number of carbonyl (C=O) groups is 2. The van der Waals surface area contributed by atoms with Gasteiger partial charge in [0.15, 0.2) is 0 Å². The van der Waals surface area contributed by atoms with E-state index in [1.807, 2.05) is 44.2 Å². The molecule has 7 heteroatoms. The van der Waals surface area contributed by atoms with Crippen LogP contribution in [0, 0.1) is 13.8 Å². The van der Waals surface area contributed by atoms with E-state index < -0.39 is 12.0 Å². The summed E-state index contributed by atoms with van der Waals surface area (Å²) in [6.45, 7) is 4.01. The van der Waals surface area contributed by atoms with Gasteiger partial charge in [-0.1, -0.05) is 18.2 Å².